The number of carbonyl (C=O) groups is 2. The van der Waals surface area contributed by atoms with E-state index >= 15 is 0 Å². The van der Waals surface area contributed by atoms with Crippen molar-refractivity contribution in [3.8, 4) is 0 Å². The van der Waals surface area contributed by atoms with Crippen molar-refractivity contribution >= 4 is 23.3 Å². The molecule has 18 heavy (non-hydrogen) atoms. The number of aliphatic carboxylic acids is 1. The minimum atomic E-state index is -0.929. The number of carboxylic acid groups (broad SMARTS) is 1. The Morgan fingerprint density at radius 1 is 1.61 bits per heavy atom. The molecule has 2 amide bonds. The second-order valence-electron chi connectivity index (χ2n) is 4.15. The summed E-state index contributed by atoms with van der Waals surface area (Å²) in [6.45, 7) is 0.991. The number of thiazole rings is 1. The number of carboxylic acids is 1. The minimum Gasteiger partial charge on any atom is -0.480 e. The summed E-state index contributed by atoms with van der Waals surface area (Å²) in [4.78, 5) is 28.3. The third kappa shape index (κ3) is 2.98. The lowest BCUT2D eigenvalue weighted by Gasteiger charge is -2.21. The maximum atomic E-state index is 11.8. The van der Waals surface area contributed by atoms with Gasteiger partial charge in [0.25, 0.3) is 0 Å². The van der Waals surface area contributed by atoms with Crippen LogP contribution in [0.2, 0.25) is 0 Å². The van der Waals surface area contributed by atoms with E-state index in [0.717, 1.165) is 12.1 Å². The molecule has 6 nitrogen and oxygen atoms in total. The molecule has 2 rings (SSSR count). The number of hydrogen-bond donors (Lipinski definition) is 2. The number of urea groups is 1. The first kappa shape index (κ1) is 12.8. The Bertz CT molecular complexity index is 421. The summed E-state index contributed by atoms with van der Waals surface area (Å²) in [5.41, 5.74) is 2.69. The zero-order valence-electron chi connectivity index (χ0n) is 9.83. The zero-order chi connectivity index (χ0) is 13.0. The van der Waals surface area contributed by atoms with Crippen molar-refractivity contribution in [2.45, 2.75) is 25.3 Å². The SMILES string of the molecule is O=C(O)[C@@H]1CCCN1C(=O)NCCc1cscn1. The molecule has 0 unspecified atom stereocenters. The maximum absolute atomic E-state index is 11.8. The molecule has 98 valence electrons. The molecule has 1 atom stereocenters. The van der Waals surface area contributed by atoms with Gasteiger partial charge in [0.1, 0.15) is 6.04 Å². The monoisotopic (exact) mass is 269 g/mol. The van der Waals surface area contributed by atoms with Crippen LogP contribution in [0.4, 0.5) is 4.79 Å². The highest BCUT2D eigenvalue weighted by molar-refractivity contribution is 7.07. The Balaban J connectivity index is 1.79. The minimum absolute atomic E-state index is 0.296. The number of likely N-dealkylation sites (tertiary alicyclic amines) is 1. The molecule has 1 aliphatic rings. The Labute approximate surface area is 109 Å². The van der Waals surface area contributed by atoms with E-state index in [1.165, 1.54) is 16.2 Å². The van der Waals surface area contributed by atoms with Gasteiger partial charge in [0.2, 0.25) is 0 Å². The van der Waals surface area contributed by atoms with Crippen LogP contribution in [0.3, 0.4) is 0 Å². The van der Waals surface area contributed by atoms with Crippen molar-refractivity contribution < 1.29 is 14.7 Å². The van der Waals surface area contributed by atoms with E-state index in [0.29, 0.717) is 25.9 Å². The second kappa shape index (κ2) is 5.81. The number of nitrogens with one attached hydrogen (secondary N) is 1. The predicted molar refractivity (Wildman–Crippen MR) is 66.6 cm³/mol. The fourth-order valence-corrected chi connectivity index (χ4v) is 2.62. The maximum Gasteiger partial charge on any atom is 0.326 e. The third-order valence-corrected chi connectivity index (χ3v) is 3.57. The van der Waals surface area contributed by atoms with E-state index < -0.39 is 12.0 Å². The number of hydrogen-bond acceptors (Lipinski definition) is 4. The number of aromatic nitrogens is 1. The van der Waals surface area contributed by atoms with E-state index in [2.05, 4.69) is 10.3 Å². The molecule has 1 aromatic rings. The van der Waals surface area contributed by atoms with Gasteiger partial charge in [0.05, 0.1) is 11.2 Å². The van der Waals surface area contributed by atoms with E-state index in [-0.39, 0.29) is 6.03 Å². The van der Waals surface area contributed by atoms with Gasteiger partial charge in [-0.2, -0.15) is 0 Å². The van der Waals surface area contributed by atoms with Crippen molar-refractivity contribution in [2.75, 3.05) is 13.1 Å². The second-order valence-corrected chi connectivity index (χ2v) is 4.87. The first-order valence-electron chi connectivity index (χ1n) is 5.83. The Kier molecular flexibility index (Phi) is 4.14. The lowest BCUT2D eigenvalue weighted by atomic mass is 10.2. The van der Waals surface area contributed by atoms with Crippen molar-refractivity contribution in [1.29, 1.82) is 0 Å². The van der Waals surface area contributed by atoms with Crippen LogP contribution in [0.15, 0.2) is 10.9 Å². The number of rotatable bonds is 4. The molecule has 1 saturated heterocycles. The van der Waals surface area contributed by atoms with Crippen LogP contribution >= 0.6 is 11.3 Å². The summed E-state index contributed by atoms with van der Waals surface area (Å²) < 4.78 is 0. The highest BCUT2D eigenvalue weighted by atomic mass is 32.1. The lowest BCUT2D eigenvalue weighted by Crippen LogP contribution is -2.46. The molecule has 0 bridgehead atoms. The van der Waals surface area contributed by atoms with Crippen LogP contribution < -0.4 is 5.32 Å². The molecule has 0 radical (unpaired) electrons. The highest BCUT2D eigenvalue weighted by Crippen LogP contribution is 2.17. The third-order valence-electron chi connectivity index (χ3n) is 2.94. The van der Waals surface area contributed by atoms with Gasteiger partial charge < -0.3 is 15.3 Å². The number of nitrogens with zero attached hydrogens (tertiary/aromatic N) is 2. The van der Waals surface area contributed by atoms with Gasteiger partial charge in [0, 0.05) is 24.9 Å². The van der Waals surface area contributed by atoms with E-state index in [9.17, 15) is 9.59 Å². The largest absolute Gasteiger partial charge is 0.480 e. The van der Waals surface area contributed by atoms with Crippen LogP contribution in [0.25, 0.3) is 0 Å². The summed E-state index contributed by atoms with van der Waals surface area (Å²) >= 11 is 1.52. The smallest absolute Gasteiger partial charge is 0.326 e. The lowest BCUT2D eigenvalue weighted by molar-refractivity contribution is -0.141. The van der Waals surface area contributed by atoms with Crippen molar-refractivity contribution in [1.82, 2.24) is 15.2 Å². The molecule has 1 aliphatic heterocycles. The van der Waals surface area contributed by atoms with E-state index in [1.807, 2.05) is 5.38 Å². The molecule has 1 fully saturated rings. The van der Waals surface area contributed by atoms with Gasteiger partial charge in [-0.3, -0.25) is 0 Å². The first-order chi connectivity index (χ1) is 8.68. The summed E-state index contributed by atoms with van der Waals surface area (Å²) in [7, 11) is 0. The van der Waals surface area contributed by atoms with Crippen LogP contribution in [-0.4, -0.2) is 46.1 Å². The quantitative estimate of drug-likeness (QED) is 0.852. The van der Waals surface area contributed by atoms with E-state index in [4.69, 9.17) is 5.11 Å². The Hall–Kier alpha value is -1.63. The van der Waals surface area contributed by atoms with Gasteiger partial charge >= 0.3 is 12.0 Å². The van der Waals surface area contributed by atoms with Gasteiger partial charge in [-0.05, 0) is 12.8 Å². The predicted octanol–water partition coefficient (Wildman–Crippen LogP) is 0.944. The molecule has 1 aromatic heterocycles. The normalized spacial score (nSPS) is 18.9. The van der Waals surface area contributed by atoms with Gasteiger partial charge in [-0.15, -0.1) is 11.3 Å². The van der Waals surface area contributed by atoms with Crippen molar-refractivity contribution in [2.24, 2.45) is 0 Å². The summed E-state index contributed by atoms with van der Waals surface area (Å²) in [6, 6.07) is -0.973. The molecular weight excluding hydrogens is 254 g/mol. The van der Waals surface area contributed by atoms with E-state index in [1.54, 1.807) is 5.51 Å². The fraction of sp³-hybridized carbons (Fsp3) is 0.545. The Morgan fingerprint density at radius 2 is 2.44 bits per heavy atom. The summed E-state index contributed by atoms with van der Waals surface area (Å²) in [5.74, 6) is -0.929. The van der Waals surface area contributed by atoms with Crippen molar-refractivity contribution in [3.05, 3.63) is 16.6 Å². The summed E-state index contributed by atoms with van der Waals surface area (Å²) in [6.07, 6.45) is 1.95. The number of amides is 2. The number of carbonyl (C=O) groups excluding carboxylic acids is 1. The van der Waals surface area contributed by atoms with Gasteiger partial charge in [0.15, 0.2) is 0 Å². The topological polar surface area (TPSA) is 82.5 Å². The van der Waals surface area contributed by atoms with Crippen molar-refractivity contribution in [3.63, 3.8) is 0 Å². The van der Waals surface area contributed by atoms with Gasteiger partial charge in [-0.1, -0.05) is 0 Å². The molecule has 7 heteroatoms. The van der Waals surface area contributed by atoms with Gasteiger partial charge in [-0.25, -0.2) is 14.6 Å². The average Bonchev–Trinajstić information content (AvgIpc) is 2.99. The van der Waals surface area contributed by atoms with Crippen LogP contribution in [0.5, 0.6) is 0 Å². The molecule has 0 spiro atoms. The molecule has 2 N–H and O–H groups in total. The standard InChI is InChI=1S/C11H15N3O3S/c15-10(16)9-2-1-5-14(9)11(17)12-4-3-8-6-18-7-13-8/h6-7,9H,1-5H2,(H,12,17)(H,15,16)/t9-/m0/s1. The van der Waals surface area contributed by atoms with Crippen LogP contribution in [0, 0.1) is 0 Å². The zero-order valence-corrected chi connectivity index (χ0v) is 10.7. The average molecular weight is 269 g/mol. The first-order valence-corrected chi connectivity index (χ1v) is 6.77. The highest BCUT2D eigenvalue weighted by Gasteiger charge is 2.33. The summed E-state index contributed by atoms with van der Waals surface area (Å²) in [5, 5.41) is 13.6. The fourth-order valence-electron chi connectivity index (χ4n) is 2.03. The van der Waals surface area contributed by atoms with Crippen LogP contribution in [0.1, 0.15) is 18.5 Å². The molecule has 0 saturated carbocycles. The molecular formula is C11H15N3O3S. The Morgan fingerprint density at radius 3 is 3.11 bits per heavy atom. The molecule has 2 heterocycles. The molecule has 0 aliphatic carbocycles. The van der Waals surface area contributed by atoms with Crippen LogP contribution in [-0.2, 0) is 11.2 Å². The molecule has 0 aromatic carbocycles.